The minimum Gasteiger partial charge on any atom is -0.392 e. The zero-order chi connectivity index (χ0) is 12.7. The molecule has 3 aromatic carbocycles. The molecule has 0 bridgehead atoms. The van der Waals surface area contributed by atoms with E-state index >= 15 is 0 Å². The van der Waals surface area contributed by atoms with Gasteiger partial charge in [-0.25, -0.2) is 0 Å². The topological polar surface area (TPSA) is 20.2 Å². The summed E-state index contributed by atoms with van der Waals surface area (Å²) in [5.41, 5.74) is 3.58. The van der Waals surface area contributed by atoms with Gasteiger partial charge in [-0.15, -0.1) is 0 Å². The van der Waals surface area contributed by atoms with Gasteiger partial charge in [0.2, 0.25) is 0 Å². The molecule has 18 heavy (non-hydrogen) atoms. The summed E-state index contributed by atoms with van der Waals surface area (Å²) in [6.07, 6.45) is 0. The summed E-state index contributed by atoms with van der Waals surface area (Å²) < 4.78 is 0. The molecule has 0 saturated heterocycles. The molecule has 90 valence electrons. The summed E-state index contributed by atoms with van der Waals surface area (Å²) in [5.74, 6) is 0. The van der Waals surface area contributed by atoms with Crippen LogP contribution in [0.2, 0.25) is 0 Å². The highest BCUT2D eigenvalue weighted by molar-refractivity contribution is 6.05. The van der Waals surface area contributed by atoms with E-state index < -0.39 is 0 Å². The second-order valence-electron chi connectivity index (χ2n) is 4.83. The van der Waals surface area contributed by atoms with Crippen molar-refractivity contribution < 1.29 is 5.11 Å². The van der Waals surface area contributed by atoms with Gasteiger partial charge in [-0.3, -0.25) is 0 Å². The van der Waals surface area contributed by atoms with E-state index in [1.807, 2.05) is 6.07 Å². The third-order valence-electron chi connectivity index (χ3n) is 3.81. The fourth-order valence-corrected chi connectivity index (χ4v) is 2.75. The summed E-state index contributed by atoms with van der Waals surface area (Å²) in [5, 5.41) is 14.4. The van der Waals surface area contributed by atoms with Gasteiger partial charge in [0.05, 0.1) is 6.61 Å². The Morgan fingerprint density at radius 1 is 0.778 bits per heavy atom. The molecule has 1 nitrogen and oxygen atoms in total. The van der Waals surface area contributed by atoms with Gasteiger partial charge in [0.15, 0.2) is 0 Å². The monoisotopic (exact) mass is 236 g/mol. The van der Waals surface area contributed by atoms with Gasteiger partial charge in [-0.05, 0) is 58.1 Å². The Morgan fingerprint density at radius 2 is 1.33 bits per heavy atom. The zero-order valence-electron chi connectivity index (χ0n) is 10.7. The molecular formula is C17H16O. The Kier molecular flexibility index (Phi) is 2.57. The Morgan fingerprint density at radius 3 is 1.94 bits per heavy atom. The summed E-state index contributed by atoms with van der Waals surface area (Å²) in [4.78, 5) is 0. The van der Waals surface area contributed by atoms with Crippen LogP contribution in [0.25, 0.3) is 21.5 Å². The van der Waals surface area contributed by atoms with Gasteiger partial charge in [0, 0.05) is 0 Å². The molecule has 0 aliphatic heterocycles. The van der Waals surface area contributed by atoms with Crippen LogP contribution in [0.5, 0.6) is 0 Å². The van der Waals surface area contributed by atoms with E-state index in [1.54, 1.807) is 0 Å². The van der Waals surface area contributed by atoms with Crippen molar-refractivity contribution in [3.05, 3.63) is 59.2 Å². The molecule has 0 aliphatic rings. The largest absolute Gasteiger partial charge is 0.392 e. The van der Waals surface area contributed by atoms with Crippen LogP contribution in [0.15, 0.2) is 42.5 Å². The number of aryl methyl sites for hydroxylation is 2. The summed E-state index contributed by atoms with van der Waals surface area (Å²) in [7, 11) is 0. The molecule has 0 amide bonds. The fraction of sp³-hybridized carbons (Fsp3) is 0.176. The van der Waals surface area contributed by atoms with E-state index in [-0.39, 0.29) is 6.61 Å². The van der Waals surface area contributed by atoms with E-state index in [1.165, 1.54) is 32.7 Å². The van der Waals surface area contributed by atoms with Crippen molar-refractivity contribution in [2.45, 2.75) is 20.5 Å². The van der Waals surface area contributed by atoms with Gasteiger partial charge in [-0.1, -0.05) is 36.4 Å². The first-order valence-corrected chi connectivity index (χ1v) is 6.24. The molecule has 0 atom stereocenters. The molecule has 0 spiro atoms. The smallest absolute Gasteiger partial charge is 0.0682 e. The molecule has 0 aromatic heterocycles. The van der Waals surface area contributed by atoms with Crippen LogP contribution in [0, 0.1) is 13.8 Å². The number of benzene rings is 3. The van der Waals surface area contributed by atoms with Crippen LogP contribution in [-0.2, 0) is 6.61 Å². The van der Waals surface area contributed by atoms with E-state index in [4.69, 9.17) is 0 Å². The quantitative estimate of drug-likeness (QED) is 0.631. The molecule has 0 aliphatic carbocycles. The summed E-state index contributed by atoms with van der Waals surface area (Å²) >= 11 is 0. The number of aliphatic hydroxyl groups is 1. The first kappa shape index (κ1) is 11.2. The summed E-state index contributed by atoms with van der Waals surface area (Å²) in [6.45, 7) is 4.43. The molecule has 1 heteroatoms. The maximum Gasteiger partial charge on any atom is 0.0682 e. The molecular weight excluding hydrogens is 220 g/mol. The summed E-state index contributed by atoms with van der Waals surface area (Å²) in [6, 6.07) is 14.7. The van der Waals surface area contributed by atoms with Gasteiger partial charge in [-0.2, -0.15) is 0 Å². The van der Waals surface area contributed by atoms with Crippen LogP contribution in [0.4, 0.5) is 0 Å². The lowest BCUT2D eigenvalue weighted by Gasteiger charge is -2.12. The van der Waals surface area contributed by atoms with Crippen molar-refractivity contribution in [1.29, 1.82) is 0 Å². The SMILES string of the molecule is Cc1c2ccccc2c(C)c2cc(CO)ccc12. The van der Waals surface area contributed by atoms with Crippen molar-refractivity contribution in [3.63, 3.8) is 0 Å². The van der Waals surface area contributed by atoms with Crippen molar-refractivity contribution in [1.82, 2.24) is 0 Å². The van der Waals surface area contributed by atoms with Crippen molar-refractivity contribution in [3.8, 4) is 0 Å². The molecule has 3 aromatic rings. The third-order valence-corrected chi connectivity index (χ3v) is 3.81. The highest BCUT2D eigenvalue weighted by Crippen LogP contribution is 2.32. The molecule has 3 rings (SSSR count). The Hall–Kier alpha value is -1.86. The first-order valence-electron chi connectivity index (χ1n) is 6.24. The first-order chi connectivity index (χ1) is 8.72. The van der Waals surface area contributed by atoms with Gasteiger partial charge < -0.3 is 5.11 Å². The van der Waals surface area contributed by atoms with Crippen LogP contribution in [0.3, 0.4) is 0 Å². The average Bonchev–Trinajstić information content (AvgIpc) is 2.44. The molecule has 0 fully saturated rings. The lowest BCUT2D eigenvalue weighted by Crippen LogP contribution is -1.90. The number of rotatable bonds is 1. The molecule has 0 unspecified atom stereocenters. The van der Waals surface area contributed by atoms with Crippen LogP contribution >= 0.6 is 0 Å². The number of aliphatic hydroxyl groups excluding tert-OH is 1. The van der Waals surface area contributed by atoms with Crippen LogP contribution in [0.1, 0.15) is 16.7 Å². The standard InChI is InChI=1S/C17H16O/c1-11-14-5-3-4-6-15(14)12(2)17-9-13(10-18)7-8-16(11)17/h3-9,18H,10H2,1-2H3. The Labute approximate surface area is 107 Å². The predicted octanol–water partition coefficient (Wildman–Crippen LogP) is 4.10. The third kappa shape index (κ3) is 1.52. The van der Waals surface area contributed by atoms with E-state index in [0.29, 0.717) is 0 Å². The fourth-order valence-electron chi connectivity index (χ4n) is 2.75. The molecule has 0 heterocycles. The lowest BCUT2D eigenvalue weighted by atomic mass is 9.92. The number of fused-ring (bicyclic) bond motifs is 2. The highest BCUT2D eigenvalue weighted by atomic mass is 16.3. The maximum absolute atomic E-state index is 9.27. The average molecular weight is 236 g/mol. The van der Waals surface area contributed by atoms with Gasteiger partial charge >= 0.3 is 0 Å². The van der Waals surface area contributed by atoms with Gasteiger partial charge in [0.25, 0.3) is 0 Å². The highest BCUT2D eigenvalue weighted by Gasteiger charge is 2.08. The zero-order valence-corrected chi connectivity index (χ0v) is 10.7. The number of hydrogen-bond donors (Lipinski definition) is 1. The van der Waals surface area contributed by atoms with Crippen molar-refractivity contribution in [2.24, 2.45) is 0 Å². The Bertz CT molecular complexity index is 741. The van der Waals surface area contributed by atoms with E-state index in [2.05, 4.69) is 50.2 Å². The normalized spacial score (nSPS) is 11.3. The number of hydrogen-bond acceptors (Lipinski definition) is 1. The van der Waals surface area contributed by atoms with E-state index in [0.717, 1.165) is 5.56 Å². The van der Waals surface area contributed by atoms with E-state index in [9.17, 15) is 5.11 Å². The van der Waals surface area contributed by atoms with Crippen molar-refractivity contribution >= 4 is 21.5 Å². The minimum absolute atomic E-state index is 0.0985. The molecule has 1 N–H and O–H groups in total. The maximum atomic E-state index is 9.27. The lowest BCUT2D eigenvalue weighted by molar-refractivity contribution is 0.282. The van der Waals surface area contributed by atoms with Crippen LogP contribution < -0.4 is 0 Å². The second-order valence-corrected chi connectivity index (χ2v) is 4.83. The molecule has 0 saturated carbocycles. The molecule has 0 radical (unpaired) electrons. The second kappa shape index (κ2) is 4.11. The minimum atomic E-state index is 0.0985. The van der Waals surface area contributed by atoms with Crippen LogP contribution in [-0.4, -0.2) is 5.11 Å². The predicted molar refractivity (Wildman–Crippen MR) is 76.9 cm³/mol. The van der Waals surface area contributed by atoms with Gasteiger partial charge in [0.1, 0.15) is 0 Å². The van der Waals surface area contributed by atoms with Crippen molar-refractivity contribution in [2.75, 3.05) is 0 Å². The Balaban J connectivity index is 2.54.